The lowest BCUT2D eigenvalue weighted by Gasteiger charge is -2.31. The fraction of sp³-hybridized carbons (Fsp3) is 0.190. The van der Waals surface area contributed by atoms with E-state index < -0.39 is 12.1 Å². The highest BCUT2D eigenvalue weighted by atomic mass is 16.2. The Morgan fingerprint density at radius 1 is 1.11 bits per heavy atom. The van der Waals surface area contributed by atoms with E-state index in [0.29, 0.717) is 17.3 Å². The Kier molecular flexibility index (Phi) is 3.17. The zero-order chi connectivity index (χ0) is 19.5. The lowest BCUT2D eigenvalue weighted by molar-refractivity contribution is -0.126. The van der Waals surface area contributed by atoms with E-state index in [0.717, 1.165) is 16.5 Å². The Morgan fingerprint density at radius 2 is 1.85 bits per heavy atom. The largest absolute Gasteiger partial charge is 0.361 e. The molecule has 2 aromatic carbocycles. The summed E-state index contributed by atoms with van der Waals surface area (Å²) in [7, 11) is 0. The number of H-pyrrole nitrogens is 1. The van der Waals surface area contributed by atoms with Gasteiger partial charge in [0.15, 0.2) is 0 Å². The topological polar surface area (TPSA) is 79.8 Å². The van der Waals surface area contributed by atoms with Crippen LogP contribution in [0.5, 0.6) is 0 Å². The number of nitrogens with zero attached hydrogens (tertiary/aromatic N) is 2. The van der Waals surface area contributed by atoms with Crippen LogP contribution in [-0.2, 0) is 11.2 Å². The molecule has 3 heterocycles. The lowest BCUT2D eigenvalue weighted by Crippen LogP contribution is -2.47. The zero-order valence-corrected chi connectivity index (χ0v) is 14.7. The van der Waals surface area contributed by atoms with Crippen molar-refractivity contribution in [2.24, 2.45) is 0 Å². The number of hydrogen-bond acceptors (Lipinski definition) is 3. The molecule has 4 aromatic rings. The molecule has 0 saturated carbocycles. The number of carbonyl (C=O) groups is 1. The number of aromatic nitrogens is 3. The minimum Gasteiger partial charge on any atom is -0.361 e. The molecule has 6 heteroatoms. The number of para-hydroxylation sites is 2. The highest BCUT2D eigenvalue weighted by Crippen LogP contribution is 2.28. The summed E-state index contributed by atoms with van der Waals surface area (Å²) in [5, 5.41) is 4.17. The summed E-state index contributed by atoms with van der Waals surface area (Å²) >= 11 is 0. The van der Waals surface area contributed by atoms with Crippen LogP contribution in [-0.4, -0.2) is 20.4 Å². The van der Waals surface area contributed by atoms with E-state index in [1.807, 2.05) is 30.5 Å². The molecule has 0 aliphatic carbocycles. The first-order valence-corrected chi connectivity index (χ1v) is 8.84. The third-order valence-corrected chi connectivity index (χ3v) is 5.16. The van der Waals surface area contributed by atoms with Gasteiger partial charge in [-0.1, -0.05) is 30.3 Å². The summed E-state index contributed by atoms with van der Waals surface area (Å²) in [5.74, 6) is -0.102. The van der Waals surface area contributed by atoms with Crippen molar-refractivity contribution in [1.29, 1.82) is 0 Å². The molecule has 0 unspecified atom stereocenters. The van der Waals surface area contributed by atoms with Gasteiger partial charge in [0.05, 0.1) is 18.3 Å². The van der Waals surface area contributed by atoms with Gasteiger partial charge in [0.25, 0.3) is 5.56 Å². The lowest BCUT2D eigenvalue weighted by atomic mass is 10.0. The fourth-order valence-electron chi connectivity index (χ4n) is 3.83. The second-order valence-electron chi connectivity index (χ2n) is 6.82. The maximum atomic E-state index is 13.3. The highest BCUT2D eigenvalue weighted by molar-refractivity contribution is 5.87. The quantitative estimate of drug-likeness (QED) is 0.578. The van der Waals surface area contributed by atoms with Gasteiger partial charge in [-0.3, -0.25) is 14.2 Å². The summed E-state index contributed by atoms with van der Waals surface area (Å²) in [5.41, 5.74) is 2.15. The molecule has 27 heavy (non-hydrogen) atoms. The first kappa shape index (κ1) is 14.7. The Bertz CT molecular complexity index is 1300. The summed E-state index contributed by atoms with van der Waals surface area (Å²) in [6.45, 7) is 1.54. The molecule has 2 atom stereocenters. The van der Waals surface area contributed by atoms with Gasteiger partial charge >= 0.3 is 0 Å². The molecule has 1 amide bonds. The van der Waals surface area contributed by atoms with Gasteiger partial charge in [0.2, 0.25) is 5.91 Å². The van der Waals surface area contributed by atoms with Crippen LogP contribution in [0, 0.1) is 0 Å². The van der Waals surface area contributed by atoms with E-state index in [4.69, 9.17) is 1.37 Å². The van der Waals surface area contributed by atoms with Gasteiger partial charge in [0.1, 0.15) is 11.9 Å². The van der Waals surface area contributed by atoms with Crippen molar-refractivity contribution in [1.82, 2.24) is 19.9 Å². The third-order valence-electron chi connectivity index (χ3n) is 5.16. The van der Waals surface area contributed by atoms with E-state index in [2.05, 4.69) is 15.3 Å². The number of hydrogen-bond donors (Lipinski definition) is 2. The summed E-state index contributed by atoms with van der Waals surface area (Å²) in [6.07, 6.45) is 2.20. The van der Waals surface area contributed by atoms with Crippen molar-refractivity contribution >= 4 is 27.7 Å². The normalized spacial score (nSPS) is 22.5. The minimum absolute atomic E-state index is 0.251. The first-order valence-electron chi connectivity index (χ1n) is 9.34. The van der Waals surface area contributed by atoms with Crippen molar-refractivity contribution < 1.29 is 6.17 Å². The molecule has 5 rings (SSSR count). The average molecular weight is 359 g/mol. The van der Waals surface area contributed by atoms with Gasteiger partial charge in [-0.05, 0) is 30.7 Å². The van der Waals surface area contributed by atoms with Gasteiger partial charge in [-0.2, -0.15) is 0 Å². The molecule has 2 N–H and O–H groups in total. The molecular formula is C21H18N4O2. The number of carbonyl (C=O) groups excluding carboxylic acids is 1. The highest BCUT2D eigenvalue weighted by Gasteiger charge is 2.34. The molecule has 134 valence electrons. The number of fused-ring (bicyclic) bond motifs is 3. The van der Waals surface area contributed by atoms with Crippen LogP contribution in [0.4, 0.5) is 0 Å². The maximum absolute atomic E-state index is 13.3. The summed E-state index contributed by atoms with van der Waals surface area (Å²) in [4.78, 5) is 33.9. The molecule has 0 bridgehead atoms. The second-order valence-corrected chi connectivity index (χ2v) is 6.82. The number of amides is 1. The van der Waals surface area contributed by atoms with Crippen LogP contribution < -0.4 is 10.9 Å². The molecular weight excluding hydrogens is 340 g/mol. The molecule has 0 spiro atoms. The molecule has 1 aliphatic heterocycles. The Labute approximate surface area is 156 Å². The average Bonchev–Trinajstić information content (AvgIpc) is 3.08. The van der Waals surface area contributed by atoms with Gasteiger partial charge in [0, 0.05) is 23.5 Å². The number of aromatic amines is 1. The van der Waals surface area contributed by atoms with Crippen molar-refractivity contribution in [2.45, 2.75) is 25.4 Å². The standard InChI is InChI=1S/C21H18N4O2/c1-12-19-24-17-9-5-3-7-15(17)21(27)25(19)18(20(26)23-12)10-13-11-22-16-8-4-2-6-14(13)16/h2-9,11-12,18,22H,10H2,1H3,(H,23,26)/t12-,18+/m0/s1/i12D. The maximum Gasteiger partial charge on any atom is 0.262 e. The fourth-order valence-corrected chi connectivity index (χ4v) is 3.83. The summed E-state index contributed by atoms with van der Waals surface area (Å²) < 4.78 is 9.92. The van der Waals surface area contributed by atoms with Crippen LogP contribution in [0.1, 0.15) is 31.7 Å². The number of rotatable bonds is 2. The van der Waals surface area contributed by atoms with E-state index in [1.54, 1.807) is 31.2 Å². The van der Waals surface area contributed by atoms with Gasteiger partial charge < -0.3 is 10.3 Å². The van der Waals surface area contributed by atoms with E-state index in [1.165, 1.54) is 4.57 Å². The summed E-state index contributed by atoms with van der Waals surface area (Å²) in [6, 6.07) is 12.6. The number of nitrogens with one attached hydrogen (secondary N) is 2. The van der Waals surface area contributed by atoms with E-state index in [9.17, 15) is 9.59 Å². The van der Waals surface area contributed by atoms with E-state index >= 15 is 0 Å². The van der Waals surface area contributed by atoms with Gasteiger partial charge in [-0.15, -0.1) is 0 Å². The zero-order valence-electron chi connectivity index (χ0n) is 15.7. The van der Waals surface area contributed by atoms with Crippen molar-refractivity contribution in [3.05, 3.63) is 76.5 Å². The second kappa shape index (κ2) is 5.81. The smallest absolute Gasteiger partial charge is 0.262 e. The van der Waals surface area contributed by atoms with Crippen LogP contribution in [0.15, 0.2) is 59.5 Å². The predicted octanol–water partition coefficient (Wildman–Crippen LogP) is 2.85. The Balaban J connectivity index is 1.73. The van der Waals surface area contributed by atoms with E-state index in [-0.39, 0.29) is 17.3 Å². The van der Waals surface area contributed by atoms with Crippen LogP contribution in [0.2, 0.25) is 0 Å². The first-order chi connectivity index (χ1) is 13.5. The van der Waals surface area contributed by atoms with Crippen molar-refractivity contribution in [3.63, 3.8) is 0 Å². The minimum atomic E-state index is -1.48. The van der Waals surface area contributed by atoms with Crippen molar-refractivity contribution in [2.75, 3.05) is 0 Å². The number of benzene rings is 2. The predicted molar refractivity (Wildman–Crippen MR) is 104 cm³/mol. The van der Waals surface area contributed by atoms with Crippen LogP contribution >= 0.6 is 0 Å². The Morgan fingerprint density at radius 3 is 2.70 bits per heavy atom. The Hall–Kier alpha value is -3.41. The molecule has 0 radical (unpaired) electrons. The molecule has 6 nitrogen and oxygen atoms in total. The molecule has 2 aromatic heterocycles. The monoisotopic (exact) mass is 359 g/mol. The van der Waals surface area contributed by atoms with Crippen LogP contribution in [0.25, 0.3) is 21.8 Å². The molecule has 0 fully saturated rings. The SMILES string of the molecule is [2H][C@@]1(C)NC(=O)[C@@H](Cc2c[nH]c3ccccc23)n2c1nc1ccccc1c2=O. The molecule has 0 saturated heterocycles. The molecule has 1 aliphatic rings. The van der Waals surface area contributed by atoms with Crippen LogP contribution in [0.3, 0.4) is 0 Å². The third kappa shape index (κ3) is 2.37. The van der Waals surface area contributed by atoms with Crippen molar-refractivity contribution in [3.8, 4) is 0 Å². The van der Waals surface area contributed by atoms with Gasteiger partial charge in [-0.25, -0.2) is 4.98 Å².